The monoisotopic (exact) mass is 246 g/mol. The highest BCUT2D eigenvalue weighted by atomic mass is 16.2. The first-order valence-corrected chi connectivity index (χ1v) is 5.69. The highest BCUT2D eigenvalue weighted by Crippen LogP contribution is 2.21. The molecule has 1 heterocycles. The Labute approximate surface area is 105 Å². The molecule has 1 aromatic rings. The summed E-state index contributed by atoms with van der Waals surface area (Å²) in [6, 6.07) is 6.75. The maximum atomic E-state index is 12.0. The number of rotatable bonds is 3. The van der Waals surface area contributed by atoms with E-state index < -0.39 is 0 Å². The second-order valence-corrected chi connectivity index (χ2v) is 4.25. The second-order valence-electron chi connectivity index (χ2n) is 4.25. The first-order valence-electron chi connectivity index (χ1n) is 5.69. The Hall–Kier alpha value is -2.17. The molecule has 3 amide bonds. The van der Waals surface area contributed by atoms with Crippen molar-refractivity contribution in [2.45, 2.75) is 6.92 Å². The number of hydrogen-bond acceptors (Lipinski definition) is 3. The second kappa shape index (κ2) is 4.60. The molecule has 0 saturated carbocycles. The molecule has 0 bridgehead atoms. The molecule has 5 heteroatoms. The first-order chi connectivity index (χ1) is 8.52. The van der Waals surface area contributed by atoms with E-state index in [1.165, 1.54) is 16.7 Å². The predicted molar refractivity (Wildman–Crippen MR) is 65.1 cm³/mol. The van der Waals surface area contributed by atoms with Gasteiger partial charge in [0.1, 0.15) is 0 Å². The van der Waals surface area contributed by atoms with Crippen LogP contribution in [0.25, 0.3) is 0 Å². The molecule has 18 heavy (non-hydrogen) atoms. The smallest absolute Gasteiger partial charge is 0.261 e. The van der Waals surface area contributed by atoms with Gasteiger partial charge in [-0.25, -0.2) is 0 Å². The minimum absolute atomic E-state index is 0.0911. The zero-order chi connectivity index (χ0) is 13.3. The third-order valence-corrected chi connectivity index (χ3v) is 3.07. The Morgan fingerprint density at radius 2 is 1.67 bits per heavy atom. The van der Waals surface area contributed by atoms with Gasteiger partial charge in [0.2, 0.25) is 5.91 Å². The fourth-order valence-corrected chi connectivity index (χ4v) is 1.85. The summed E-state index contributed by atoms with van der Waals surface area (Å²) in [5.41, 5.74) is 0.876. The van der Waals surface area contributed by atoms with Gasteiger partial charge in [-0.1, -0.05) is 12.1 Å². The number of amides is 3. The molecule has 1 aliphatic heterocycles. The number of imide groups is 1. The summed E-state index contributed by atoms with van der Waals surface area (Å²) in [4.78, 5) is 37.7. The summed E-state index contributed by atoms with van der Waals surface area (Å²) in [5.74, 6) is -0.660. The van der Waals surface area contributed by atoms with E-state index in [1.54, 1.807) is 31.3 Å². The highest BCUT2D eigenvalue weighted by molar-refractivity contribution is 6.21. The molecule has 0 fully saturated rings. The maximum Gasteiger partial charge on any atom is 0.261 e. The maximum absolute atomic E-state index is 12.0. The summed E-state index contributed by atoms with van der Waals surface area (Å²) in [7, 11) is 1.64. The number of hydrogen-bond donors (Lipinski definition) is 0. The van der Waals surface area contributed by atoms with Crippen molar-refractivity contribution in [2.75, 3.05) is 20.1 Å². The normalized spacial score (nSPS) is 13.8. The lowest BCUT2D eigenvalue weighted by molar-refractivity contribution is -0.127. The van der Waals surface area contributed by atoms with E-state index in [1.807, 2.05) is 0 Å². The van der Waals surface area contributed by atoms with Gasteiger partial charge in [0.25, 0.3) is 11.8 Å². The lowest BCUT2D eigenvalue weighted by Gasteiger charge is -2.19. The summed E-state index contributed by atoms with van der Waals surface area (Å²) < 4.78 is 0. The van der Waals surface area contributed by atoms with Crippen LogP contribution in [0.2, 0.25) is 0 Å². The van der Waals surface area contributed by atoms with Crippen LogP contribution in [0.3, 0.4) is 0 Å². The minimum atomic E-state index is -0.285. The molecular weight excluding hydrogens is 232 g/mol. The van der Waals surface area contributed by atoms with Crippen LogP contribution in [0, 0.1) is 0 Å². The topological polar surface area (TPSA) is 57.7 Å². The molecule has 0 saturated heterocycles. The standard InChI is InChI=1S/C13H14N2O3/c1-9(16)14(2)7-8-15-12(17)10-5-3-4-6-11(10)13(15)18/h3-6H,7-8H2,1-2H3. The molecule has 1 aliphatic rings. The average molecular weight is 246 g/mol. The van der Waals surface area contributed by atoms with E-state index in [0.29, 0.717) is 17.7 Å². The van der Waals surface area contributed by atoms with Crippen LogP contribution in [0.1, 0.15) is 27.6 Å². The lowest BCUT2D eigenvalue weighted by atomic mass is 10.1. The van der Waals surface area contributed by atoms with E-state index in [-0.39, 0.29) is 24.3 Å². The van der Waals surface area contributed by atoms with Crippen molar-refractivity contribution in [1.82, 2.24) is 9.80 Å². The highest BCUT2D eigenvalue weighted by Gasteiger charge is 2.34. The zero-order valence-corrected chi connectivity index (χ0v) is 10.3. The lowest BCUT2D eigenvalue weighted by Crippen LogP contribution is -2.38. The van der Waals surface area contributed by atoms with Gasteiger partial charge in [0.05, 0.1) is 11.1 Å². The van der Waals surface area contributed by atoms with Crippen molar-refractivity contribution in [2.24, 2.45) is 0 Å². The van der Waals surface area contributed by atoms with Gasteiger partial charge >= 0.3 is 0 Å². The van der Waals surface area contributed by atoms with Crippen LogP contribution >= 0.6 is 0 Å². The van der Waals surface area contributed by atoms with Crippen LogP contribution in [0.4, 0.5) is 0 Å². The predicted octanol–water partition coefficient (Wildman–Crippen LogP) is 0.761. The summed E-state index contributed by atoms with van der Waals surface area (Å²) in [6.45, 7) is 2.02. The van der Waals surface area contributed by atoms with Gasteiger partial charge in [-0.15, -0.1) is 0 Å². The van der Waals surface area contributed by atoms with Crippen molar-refractivity contribution in [3.8, 4) is 0 Å². The Bertz CT molecular complexity index is 490. The first kappa shape index (κ1) is 12.3. The van der Waals surface area contributed by atoms with Gasteiger partial charge in [-0.3, -0.25) is 19.3 Å². The van der Waals surface area contributed by atoms with Crippen LogP contribution < -0.4 is 0 Å². The Kier molecular flexibility index (Phi) is 3.14. The van der Waals surface area contributed by atoms with E-state index in [4.69, 9.17) is 0 Å². The third-order valence-electron chi connectivity index (χ3n) is 3.07. The number of fused-ring (bicyclic) bond motifs is 1. The Balaban J connectivity index is 2.12. The van der Waals surface area contributed by atoms with Crippen molar-refractivity contribution < 1.29 is 14.4 Å². The third kappa shape index (κ3) is 1.99. The van der Waals surface area contributed by atoms with Crippen LogP contribution in [0.15, 0.2) is 24.3 Å². The van der Waals surface area contributed by atoms with Crippen molar-refractivity contribution >= 4 is 17.7 Å². The molecule has 94 valence electrons. The minimum Gasteiger partial charge on any atom is -0.344 e. The van der Waals surface area contributed by atoms with Crippen molar-refractivity contribution in [1.29, 1.82) is 0 Å². The van der Waals surface area contributed by atoms with Gasteiger partial charge in [-0.2, -0.15) is 0 Å². The number of likely N-dealkylation sites (N-methyl/N-ethyl adjacent to an activating group) is 1. The van der Waals surface area contributed by atoms with E-state index in [9.17, 15) is 14.4 Å². The largest absolute Gasteiger partial charge is 0.344 e. The van der Waals surface area contributed by atoms with Crippen LogP contribution in [-0.4, -0.2) is 47.7 Å². The van der Waals surface area contributed by atoms with Crippen molar-refractivity contribution in [3.05, 3.63) is 35.4 Å². The molecule has 2 rings (SSSR count). The molecule has 0 aliphatic carbocycles. The zero-order valence-electron chi connectivity index (χ0n) is 10.3. The molecule has 0 spiro atoms. The van der Waals surface area contributed by atoms with Gasteiger partial charge in [-0.05, 0) is 12.1 Å². The fourth-order valence-electron chi connectivity index (χ4n) is 1.85. The molecule has 1 aromatic carbocycles. The number of benzene rings is 1. The van der Waals surface area contributed by atoms with Gasteiger partial charge in [0, 0.05) is 27.1 Å². The Morgan fingerprint density at radius 3 is 2.11 bits per heavy atom. The quantitative estimate of drug-likeness (QED) is 0.740. The van der Waals surface area contributed by atoms with E-state index >= 15 is 0 Å². The SMILES string of the molecule is CC(=O)N(C)CCN1C(=O)c2ccccc2C1=O. The van der Waals surface area contributed by atoms with Gasteiger partial charge in [0.15, 0.2) is 0 Å². The molecule has 0 atom stereocenters. The fraction of sp³-hybridized carbons (Fsp3) is 0.308. The molecule has 0 aromatic heterocycles. The van der Waals surface area contributed by atoms with Crippen LogP contribution in [0.5, 0.6) is 0 Å². The number of carbonyl (C=O) groups is 3. The van der Waals surface area contributed by atoms with E-state index in [0.717, 1.165) is 0 Å². The molecule has 0 N–H and O–H groups in total. The Morgan fingerprint density at radius 1 is 1.17 bits per heavy atom. The van der Waals surface area contributed by atoms with Gasteiger partial charge < -0.3 is 4.90 Å². The van der Waals surface area contributed by atoms with Crippen LogP contribution in [-0.2, 0) is 4.79 Å². The number of nitrogens with zero attached hydrogens (tertiary/aromatic N) is 2. The van der Waals surface area contributed by atoms with E-state index in [2.05, 4.69) is 0 Å². The average Bonchev–Trinajstić information content (AvgIpc) is 2.60. The number of carbonyl (C=O) groups excluding carboxylic acids is 3. The molecular formula is C13H14N2O3. The molecule has 0 radical (unpaired) electrons. The summed E-state index contributed by atoms with van der Waals surface area (Å²) in [5, 5.41) is 0. The summed E-state index contributed by atoms with van der Waals surface area (Å²) in [6.07, 6.45) is 0. The molecule has 0 unspecified atom stereocenters. The molecule has 5 nitrogen and oxygen atoms in total. The van der Waals surface area contributed by atoms with Crippen molar-refractivity contribution in [3.63, 3.8) is 0 Å². The summed E-state index contributed by atoms with van der Waals surface area (Å²) >= 11 is 0.